The zero-order chi connectivity index (χ0) is 22.5. The first-order valence-electron chi connectivity index (χ1n) is 9.74. The van der Waals surface area contributed by atoms with E-state index in [1.54, 1.807) is 42.1 Å². The minimum atomic E-state index is -3.80. The molecule has 0 amide bonds. The molecule has 5 rings (SSSR count). The summed E-state index contributed by atoms with van der Waals surface area (Å²) in [6.45, 7) is 0.393. The van der Waals surface area contributed by atoms with Gasteiger partial charge in [-0.15, -0.1) is 10.2 Å². The van der Waals surface area contributed by atoms with Crippen molar-refractivity contribution in [3.8, 4) is 23.0 Å². The Morgan fingerprint density at radius 3 is 2.53 bits per heavy atom. The minimum Gasteiger partial charge on any atom is -0.415 e. The van der Waals surface area contributed by atoms with Gasteiger partial charge in [-0.05, 0) is 36.4 Å². The van der Waals surface area contributed by atoms with Crippen LogP contribution >= 0.6 is 11.6 Å². The van der Waals surface area contributed by atoms with Gasteiger partial charge < -0.3 is 4.42 Å². The van der Waals surface area contributed by atoms with Gasteiger partial charge in [0.15, 0.2) is 5.69 Å². The van der Waals surface area contributed by atoms with Gasteiger partial charge in [0.05, 0.1) is 5.02 Å². The number of hydrogen-bond acceptors (Lipinski definition) is 6. The average molecular weight is 474 g/mol. The van der Waals surface area contributed by atoms with Crippen LogP contribution in [0.2, 0.25) is 5.02 Å². The number of fused-ring (bicyclic) bond motifs is 1. The summed E-state index contributed by atoms with van der Waals surface area (Å²) < 4.78 is 48.5. The molecule has 164 valence electrons. The third-order valence-electron chi connectivity index (χ3n) is 5.38. The van der Waals surface area contributed by atoms with Crippen molar-refractivity contribution < 1.29 is 17.2 Å². The molecule has 0 bridgehead atoms. The number of sulfonamides is 1. The Kier molecular flexibility index (Phi) is 5.07. The van der Waals surface area contributed by atoms with Crippen LogP contribution in [-0.2, 0) is 30.0 Å². The summed E-state index contributed by atoms with van der Waals surface area (Å²) in [4.78, 5) is 0.0620. The summed E-state index contributed by atoms with van der Waals surface area (Å²) in [6, 6.07) is 12.1. The molecule has 0 N–H and O–H groups in total. The molecule has 0 unspecified atom stereocenters. The van der Waals surface area contributed by atoms with Crippen molar-refractivity contribution in [2.45, 2.75) is 17.9 Å². The number of aryl methyl sites for hydroxylation is 1. The van der Waals surface area contributed by atoms with Crippen LogP contribution in [0.25, 0.3) is 23.0 Å². The van der Waals surface area contributed by atoms with E-state index in [2.05, 4.69) is 15.3 Å². The number of benzene rings is 2. The van der Waals surface area contributed by atoms with Crippen molar-refractivity contribution in [1.82, 2.24) is 24.3 Å². The van der Waals surface area contributed by atoms with E-state index in [9.17, 15) is 12.8 Å². The van der Waals surface area contributed by atoms with Crippen LogP contribution in [0, 0.1) is 5.82 Å². The lowest BCUT2D eigenvalue weighted by atomic mass is 10.1. The van der Waals surface area contributed by atoms with Crippen LogP contribution in [0.1, 0.15) is 11.3 Å². The SMILES string of the molecule is Cn1nc(-c2nnc(-c3ccc(F)cc3)o2)c2c1CCN(S(=O)(=O)c1ccccc1Cl)C2. The third-order valence-corrected chi connectivity index (χ3v) is 7.73. The summed E-state index contributed by atoms with van der Waals surface area (Å²) in [6.07, 6.45) is 0.474. The number of halogens is 2. The van der Waals surface area contributed by atoms with Gasteiger partial charge in [0.1, 0.15) is 10.7 Å². The Morgan fingerprint density at radius 2 is 1.78 bits per heavy atom. The van der Waals surface area contributed by atoms with E-state index in [-0.39, 0.29) is 34.1 Å². The summed E-state index contributed by atoms with van der Waals surface area (Å²) >= 11 is 6.15. The highest BCUT2D eigenvalue weighted by atomic mass is 35.5. The molecule has 1 aliphatic rings. The zero-order valence-corrected chi connectivity index (χ0v) is 18.4. The summed E-state index contributed by atoms with van der Waals surface area (Å²) in [5, 5.41) is 12.8. The number of rotatable bonds is 4. The summed E-state index contributed by atoms with van der Waals surface area (Å²) in [5.74, 6) is 0.0148. The molecule has 3 heterocycles. The van der Waals surface area contributed by atoms with E-state index in [1.165, 1.54) is 22.5 Å². The first-order chi connectivity index (χ1) is 15.3. The molecular formula is C21H17ClFN5O3S. The fourth-order valence-corrected chi connectivity index (χ4v) is 5.67. The van der Waals surface area contributed by atoms with E-state index in [1.807, 2.05) is 0 Å². The highest BCUT2D eigenvalue weighted by Crippen LogP contribution is 2.34. The van der Waals surface area contributed by atoms with Crippen LogP contribution in [-0.4, -0.2) is 39.2 Å². The molecule has 0 atom stereocenters. The van der Waals surface area contributed by atoms with Crippen molar-refractivity contribution in [3.63, 3.8) is 0 Å². The fraction of sp³-hybridized carbons (Fsp3) is 0.190. The second kappa shape index (κ2) is 7.80. The number of aromatic nitrogens is 4. The second-order valence-corrected chi connectivity index (χ2v) is 9.65. The van der Waals surface area contributed by atoms with E-state index >= 15 is 0 Å². The number of nitrogens with zero attached hydrogens (tertiary/aromatic N) is 5. The molecule has 0 aliphatic carbocycles. The van der Waals surface area contributed by atoms with Crippen molar-refractivity contribution in [3.05, 3.63) is 70.6 Å². The lowest BCUT2D eigenvalue weighted by molar-refractivity contribution is 0.386. The molecule has 0 saturated heterocycles. The molecular weight excluding hydrogens is 457 g/mol. The predicted octanol–water partition coefficient (Wildman–Crippen LogP) is 3.68. The van der Waals surface area contributed by atoms with Gasteiger partial charge in [0, 0.05) is 43.4 Å². The molecule has 0 fully saturated rings. The Labute approximate surface area is 188 Å². The smallest absolute Gasteiger partial charge is 0.268 e. The monoisotopic (exact) mass is 473 g/mol. The molecule has 4 aromatic rings. The minimum absolute atomic E-state index is 0.0620. The molecule has 1 aliphatic heterocycles. The summed E-state index contributed by atoms with van der Waals surface area (Å²) in [5.41, 5.74) is 2.58. The largest absolute Gasteiger partial charge is 0.415 e. The van der Waals surface area contributed by atoms with Crippen molar-refractivity contribution in [2.75, 3.05) is 6.54 Å². The molecule has 2 aromatic carbocycles. The van der Waals surface area contributed by atoms with E-state index in [4.69, 9.17) is 16.0 Å². The van der Waals surface area contributed by atoms with E-state index in [0.717, 1.165) is 5.69 Å². The maximum Gasteiger partial charge on any atom is 0.268 e. The van der Waals surface area contributed by atoms with Crippen LogP contribution in [0.4, 0.5) is 4.39 Å². The molecule has 0 spiro atoms. The second-order valence-electron chi connectivity index (χ2n) is 7.34. The normalized spacial score (nSPS) is 14.5. The Bertz CT molecular complexity index is 1420. The standard InChI is InChI=1S/C21H17ClFN5O3S/c1-27-17-10-11-28(32(29,30)18-5-3-2-4-16(18)22)12-15(17)19(26-27)21-25-24-20(31-21)13-6-8-14(23)9-7-13/h2-9H,10-12H2,1H3. The average Bonchev–Trinajstić information content (AvgIpc) is 3.39. The van der Waals surface area contributed by atoms with Crippen LogP contribution in [0.3, 0.4) is 0 Å². The maximum atomic E-state index is 13.2. The van der Waals surface area contributed by atoms with Gasteiger partial charge in [-0.25, -0.2) is 12.8 Å². The van der Waals surface area contributed by atoms with Crippen molar-refractivity contribution >= 4 is 21.6 Å². The van der Waals surface area contributed by atoms with Crippen molar-refractivity contribution in [2.24, 2.45) is 7.05 Å². The molecule has 0 radical (unpaired) electrons. The van der Waals surface area contributed by atoms with E-state index < -0.39 is 10.0 Å². The quantitative estimate of drug-likeness (QED) is 0.449. The predicted molar refractivity (Wildman–Crippen MR) is 115 cm³/mol. The summed E-state index contributed by atoms with van der Waals surface area (Å²) in [7, 11) is -2.02. The molecule has 2 aromatic heterocycles. The zero-order valence-electron chi connectivity index (χ0n) is 16.9. The highest BCUT2D eigenvalue weighted by Gasteiger charge is 2.34. The molecule has 11 heteroatoms. The molecule has 0 saturated carbocycles. The lowest BCUT2D eigenvalue weighted by Gasteiger charge is -2.27. The Balaban J connectivity index is 1.51. The van der Waals surface area contributed by atoms with Gasteiger partial charge in [0.2, 0.25) is 15.9 Å². The Hall–Kier alpha value is -3.08. The van der Waals surface area contributed by atoms with Crippen LogP contribution in [0.15, 0.2) is 57.8 Å². The molecule has 8 nitrogen and oxygen atoms in total. The van der Waals surface area contributed by atoms with Crippen LogP contribution in [0.5, 0.6) is 0 Å². The first kappa shape index (κ1) is 20.8. The highest BCUT2D eigenvalue weighted by molar-refractivity contribution is 7.89. The maximum absolute atomic E-state index is 13.2. The van der Waals surface area contributed by atoms with Gasteiger partial charge in [-0.1, -0.05) is 23.7 Å². The van der Waals surface area contributed by atoms with Crippen LogP contribution < -0.4 is 0 Å². The van der Waals surface area contributed by atoms with Gasteiger partial charge in [-0.3, -0.25) is 4.68 Å². The van der Waals surface area contributed by atoms with Gasteiger partial charge >= 0.3 is 0 Å². The topological polar surface area (TPSA) is 94.1 Å². The van der Waals surface area contributed by atoms with Crippen molar-refractivity contribution in [1.29, 1.82) is 0 Å². The lowest BCUT2D eigenvalue weighted by Crippen LogP contribution is -2.36. The molecule has 32 heavy (non-hydrogen) atoms. The Morgan fingerprint density at radius 1 is 1.06 bits per heavy atom. The van der Waals surface area contributed by atoms with Gasteiger partial charge in [-0.2, -0.15) is 9.40 Å². The van der Waals surface area contributed by atoms with E-state index in [0.29, 0.717) is 29.8 Å². The number of hydrogen-bond donors (Lipinski definition) is 0. The third kappa shape index (κ3) is 3.50. The fourth-order valence-electron chi connectivity index (χ4n) is 3.77. The van der Waals surface area contributed by atoms with Gasteiger partial charge in [0.25, 0.3) is 5.89 Å². The first-order valence-corrected chi connectivity index (χ1v) is 11.6.